The number of hydrogen-bond acceptors (Lipinski definition) is 2. The lowest BCUT2D eigenvalue weighted by Crippen LogP contribution is -1.98. The molecule has 2 heteroatoms. The van der Waals surface area contributed by atoms with Crippen LogP contribution < -0.4 is 9.47 Å². The Labute approximate surface area is 78.5 Å². The Hall–Kier alpha value is -1.18. The molecule has 1 radical (unpaired) electrons. The molecule has 1 saturated carbocycles. The fourth-order valence-corrected chi connectivity index (χ4v) is 1.13. The molecule has 0 amide bonds. The van der Waals surface area contributed by atoms with Gasteiger partial charge in [-0.1, -0.05) is 0 Å². The summed E-state index contributed by atoms with van der Waals surface area (Å²) in [4.78, 5) is 0. The molecule has 1 aromatic carbocycles. The molecule has 0 unspecified atom stereocenters. The van der Waals surface area contributed by atoms with Gasteiger partial charge in [-0.3, -0.25) is 0 Å². The summed E-state index contributed by atoms with van der Waals surface area (Å²) >= 11 is 0. The molecule has 0 aromatic heterocycles. The van der Waals surface area contributed by atoms with Gasteiger partial charge in [-0.2, -0.15) is 0 Å². The third-order valence-corrected chi connectivity index (χ3v) is 2.15. The largest absolute Gasteiger partial charge is 0.497 e. The topological polar surface area (TPSA) is 18.5 Å². The number of hydrogen-bond donors (Lipinski definition) is 0. The van der Waals surface area contributed by atoms with Gasteiger partial charge in [0.25, 0.3) is 0 Å². The van der Waals surface area contributed by atoms with Gasteiger partial charge in [0.2, 0.25) is 0 Å². The van der Waals surface area contributed by atoms with Crippen LogP contribution in [-0.2, 0) is 0 Å². The van der Waals surface area contributed by atoms with Crippen LogP contribution in [0.15, 0.2) is 18.2 Å². The molecule has 0 spiro atoms. The van der Waals surface area contributed by atoms with Crippen molar-refractivity contribution in [3.05, 3.63) is 24.3 Å². The number of methoxy groups -OCH3 is 1. The number of benzene rings is 1. The highest BCUT2D eigenvalue weighted by Crippen LogP contribution is 2.30. The summed E-state index contributed by atoms with van der Waals surface area (Å²) in [5.41, 5.74) is 0. The molecule has 0 bridgehead atoms. The first-order valence-corrected chi connectivity index (χ1v) is 4.56. The average molecular weight is 177 g/mol. The van der Waals surface area contributed by atoms with E-state index >= 15 is 0 Å². The molecule has 2 nitrogen and oxygen atoms in total. The van der Waals surface area contributed by atoms with Gasteiger partial charge in [0, 0.05) is 6.07 Å². The molecular formula is C11H13O2. The van der Waals surface area contributed by atoms with Crippen molar-refractivity contribution in [2.45, 2.75) is 12.8 Å². The van der Waals surface area contributed by atoms with E-state index in [1.807, 2.05) is 12.1 Å². The van der Waals surface area contributed by atoms with Crippen molar-refractivity contribution in [2.24, 2.45) is 5.92 Å². The van der Waals surface area contributed by atoms with Crippen LogP contribution in [0.4, 0.5) is 0 Å². The second kappa shape index (κ2) is 3.69. The highest BCUT2D eigenvalue weighted by Gasteiger charge is 2.21. The molecule has 0 saturated heterocycles. The van der Waals surface area contributed by atoms with Crippen molar-refractivity contribution in [2.75, 3.05) is 13.7 Å². The van der Waals surface area contributed by atoms with Gasteiger partial charge in [0.1, 0.15) is 11.5 Å². The van der Waals surface area contributed by atoms with Crippen LogP contribution >= 0.6 is 0 Å². The summed E-state index contributed by atoms with van der Waals surface area (Å²) < 4.78 is 10.6. The van der Waals surface area contributed by atoms with E-state index in [-0.39, 0.29) is 0 Å². The maximum atomic E-state index is 5.56. The van der Waals surface area contributed by atoms with E-state index in [1.165, 1.54) is 12.8 Å². The Morgan fingerprint density at radius 3 is 2.85 bits per heavy atom. The minimum atomic E-state index is 0.784. The first kappa shape index (κ1) is 8.42. The van der Waals surface area contributed by atoms with Crippen LogP contribution in [-0.4, -0.2) is 13.7 Å². The number of ether oxygens (including phenoxy) is 2. The average Bonchev–Trinajstić information content (AvgIpc) is 2.99. The van der Waals surface area contributed by atoms with Crippen molar-refractivity contribution in [1.29, 1.82) is 0 Å². The van der Waals surface area contributed by atoms with Gasteiger partial charge >= 0.3 is 0 Å². The van der Waals surface area contributed by atoms with E-state index in [4.69, 9.17) is 9.47 Å². The minimum absolute atomic E-state index is 0.784. The van der Waals surface area contributed by atoms with Crippen LogP contribution in [0.1, 0.15) is 12.8 Å². The molecule has 1 aliphatic rings. The van der Waals surface area contributed by atoms with Gasteiger partial charge in [-0.05, 0) is 37.0 Å². The van der Waals surface area contributed by atoms with Crippen molar-refractivity contribution in [3.63, 3.8) is 0 Å². The fraction of sp³-hybridized carbons (Fsp3) is 0.455. The van der Waals surface area contributed by atoms with Crippen LogP contribution in [0.3, 0.4) is 0 Å². The van der Waals surface area contributed by atoms with Gasteiger partial charge in [-0.15, -0.1) is 0 Å². The number of rotatable bonds is 4. The Kier molecular flexibility index (Phi) is 2.39. The summed E-state index contributed by atoms with van der Waals surface area (Å²) in [5, 5.41) is 0. The standard InChI is InChI=1S/C11H13O2/c1-12-10-3-2-4-11(7-10)13-8-9-5-6-9/h3-4,7,9H,5-6,8H2,1H3. The Morgan fingerprint density at radius 1 is 1.38 bits per heavy atom. The highest BCUT2D eigenvalue weighted by molar-refractivity contribution is 5.32. The van der Waals surface area contributed by atoms with Crippen LogP contribution in [0, 0.1) is 12.0 Å². The van der Waals surface area contributed by atoms with Gasteiger partial charge < -0.3 is 9.47 Å². The zero-order valence-corrected chi connectivity index (χ0v) is 7.75. The minimum Gasteiger partial charge on any atom is -0.497 e. The summed E-state index contributed by atoms with van der Waals surface area (Å²) in [5.74, 6) is 2.44. The molecule has 69 valence electrons. The summed E-state index contributed by atoms with van der Waals surface area (Å²) in [6.07, 6.45) is 2.63. The third-order valence-electron chi connectivity index (χ3n) is 2.15. The monoisotopic (exact) mass is 177 g/mol. The molecular weight excluding hydrogens is 164 g/mol. The molecule has 0 N–H and O–H groups in total. The van der Waals surface area contributed by atoms with Crippen molar-refractivity contribution in [3.8, 4) is 11.5 Å². The van der Waals surface area contributed by atoms with Gasteiger partial charge in [-0.25, -0.2) is 0 Å². The summed E-state index contributed by atoms with van der Waals surface area (Å²) in [6.45, 7) is 0.834. The lowest BCUT2D eigenvalue weighted by molar-refractivity contribution is 0.297. The predicted octanol–water partition coefficient (Wildman–Crippen LogP) is 2.28. The second-order valence-corrected chi connectivity index (χ2v) is 3.36. The van der Waals surface area contributed by atoms with E-state index in [0.29, 0.717) is 0 Å². The molecule has 0 heterocycles. The van der Waals surface area contributed by atoms with E-state index in [2.05, 4.69) is 6.07 Å². The summed E-state index contributed by atoms with van der Waals surface area (Å²) in [6, 6.07) is 8.50. The Morgan fingerprint density at radius 2 is 2.15 bits per heavy atom. The zero-order chi connectivity index (χ0) is 9.10. The predicted molar refractivity (Wildman–Crippen MR) is 50.0 cm³/mol. The van der Waals surface area contributed by atoms with Crippen molar-refractivity contribution < 1.29 is 9.47 Å². The molecule has 1 aromatic rings. The van der Waals surface area contributed by atoms with Crippen molar-refractivity contribution >= 4 is 0 Å². The molecule has 1 aliphatic carbocycles. The lowest BCUT2D eigenvalue weighted by Gasteiger charge is -2.05. The second-order valence-electron chi connectivity index (χ2n) is 3.36. The SMILES string of the molecule is COc1c[c]cc(OCC2CC2)c1. The molecule has 0 atom stereocenters. The van der Waals surface area contributed by atoms with Crippen molar-refractivity contribution in [1.82, 2.24) is 0 Å². The van der Waals surface area contributed by atoms with E-state index in [1.54, 1.807) is 13.2 Å². The van der Waals surface area contributed by atoms with Crippen LogP contribution in [0.25, 0.3) is 0 Å². The maximum absolute atomic E-state index is 5.56. The highest BCUT2D eigenvalue weighted by atomic mass is 16.5. The first-order chi connectivity index (χ1) is 6.38. The fourth-order valence-electron chi connectivity index (χ4n) is 1.13. The molecule has 1 fully saturated rings. The van der Waals surface area contributed by atoms with E-state index in [0.717, 1.165) is 24.0 Å². The summed E-state index contributed by atoms with van der Waals surface area (Å²) in [7, 11) is 1.65. The Balaban J connectivity index is 1.93. The van der Waals surface area contributed by atoms with Gasteiger partial charge in [0.05, 0.1) is 13.7 Å². The lowest BCUT2D eigenvalue weighted by atomic mass is 10.3. The first-order valence-electron chi connectivity index (χ1n) is 4.56. The van der Waals surface area contributed by atoms with Crippen LogP contribution in [0.2, 0.25) is 0 Å². The normalized spacial score (nSPS) is 15.5. The third kappa shape index (κ3) is 2.38. The zero-order valence-electron chi connectivity index (χ0n) is 7.75. The quantitative estimate of drug-likeness (QED) is 0.702. The maximum Gasteiger partial charge on any atom is 0.123 e. The van der Waals surface area contributed by atoms with E-state index < -0.39 is 0 Å². The van der Waals surface area contributed by atoms with Gasteiger partial charge in [0.15, 0.2) is 0 Å². The van der Waals surface area contributed by atoms with Crippen LogP contribution in [0.5, 0.6) is 11.5 Å². The molecule has 2 rings (SSSR count). The molecule has 13 heavy (non-hydrogen) atoms. The van der Waals surface area contributed by atoms with E-state index in [9.17, 15) is 0 Å². The smallest absolute Gasteiger partial charge is 0.123 e. The Bertz CT molecular complexity index is 279. The molecule has 0 aliphatic heterocycles.